The fourth-order valence-electron chi connectivity index (χ4n) is 2.66. The highest BCUT2D eigenvalue weighted by molar-refractivity contribution is 5.39. The van der Waals surface area contributed by atoms with Crippen LogP contribution in [0.2, 0.25) is 0 Å². The molecule has 1 fully saturated rings. The summed E-state index contributed by atoms with van der Waals surface area (Å²) in [6.45, 7) is 0.525. The molecular weight excluding hydrogens is 202 g/mol. The third-order valence-corrected chi connectivity index (χ3v) is 3.78. The lowest BCUT2D eigenvalue weighted by atomic mass is 9.68. The molecule has 0 unspecified atom stereocenters. The molecule has 1 saturated carbocycles. The topological polar surface area (TPSA) is 66.5 Å². The minimum absolute atomic E-state index is 0.148. The van der Waals surface area contributed by atoms with Crippen molar-refractivity contribution >= 4 is 0 Å². The maximum atomic E-state index is 9.91. The fourth-order valence-corrected chi connectivity index (χ4v) is 2.66. The number of aliphatic hydroxyl groups is 1. The second-order valence-corrected chi connectivity index (χ2v) is 4.73. The SMILES string of the molecule is NCC1(c2ccccc2O)CCC(O)CC1. The van der Waals surface area contributed by atoms with Gasteiger partial charge in [0.1, 0.15) is 5.75 Å². The van der Waals surface area contributed by atoms with Crippen LogP contribution in [0.25, 0.3) is 0 Å². The standard InChI is InChI=1S/C13H19NO2/c14-9-13(7-5-10(15)6-8-13)11-3-1-2-4-12(11)16/h1-4,10,15-16H,5-9,14H2. The van der Waals surface area contributed by atoms with E-state index in [2.05, 4.69) is 0 Å². The van der Waals surface area contributed by atoms with E-state index in [9.17, 15) is 10.2 Å². The van der Waals surface area contributed by atoms with Crippen LogP contribution in [0.15, 0.2) is 24.3 Å². The Kier molecular flexibility index (Phi) is 3.17. The van der Waals surface area contributed by atoms with Gasteiger partial charge < -0.3 is 15.9 Å². The van der Waals surface area contributed by atoms with E-state index in [1.807, 2.05) is 18.2 Å². The second-order valence-electron chi connectivity index (χ2n) is 4.73. The molecule has 0 aliphatic heterocycles. The number of phenolic OH excluding ortho intramolecular Hbond substituents is 1. The molecule has 4 N–H and O–H groups in total. The summed E-state index contributed by atoms with van der Waals surface area (Å²) < 4.78 is 0. The van der Waals surface area contributed by atoms with Crippen molar-refractivity contribution < 1.29 is 10.2 Å². The van der Waals surface area contributed by atoms with Crippen LogP contribution in [-0.4, -0.2) is 22.9 Å². The number of hydrogen-bond acceptors (Lipinski definition) is 3. The molecule has 3 nitrogen and oxygen atoms in total. The maximum Gasteiger partial charge on any atom is 0.119 e. The van der Waals surface area contributed by atoms with Gasteiger partial charge >= 0.3 is 0 Å². The van der Waals surface area contributed by atoms with Crippen LogP contribution in [0.4, 0.5) is 0 Å². The molecule has 0 heterocycles. The number of aliphatic hydroxyl groups excluding tert-OH is 1. The molecule has 0 atom stereocenters. The van der Waals surface area contributed by atoms with Gasteiger partial charge in [-0.15, -0.1) is 0 Å². The van der Waals surface area contributed by atoms with Crippen molar-refractivity contribution in [1.29, 1.82) is 0 Å². The smallest absolute Gasteiger partial charge is 0.119 e. The van der Waals surface area contributed by atoms with Crippen LogP contribution in [0.3, 0.4) is 0 Å². The van der Waals surface area contributed by atoms with E-state index >= 15 is 0 Å². The van der Waals surface area contributed by atoms with Crippen molar-refractivity contribution in [1.82, 2.24) is 0 Å². The lowest BCUT2D eigenvalue weighted by molar-refractivity contribution is 0.0966. The van der Waals surface area contributed by atoms with Crippen LogP contribution in [0.5, 0.6) is 5.75 Å². The van der Waals surface area contributed by atoms with Gasteiger partial charge in [-0.25, -0.2) is 0 Å². The molecule has 0 radical (unpaired) electrons. The molecule has 0 saturated heterocycles. The van der Waals surface area contributed by atoms with Crippen molar-refractivity contribution in [3.63, 3.8) is 0 Å². The summed E-state index contributed by atoms with van der Waals surface area (Å²) in [5.41, 5.74) is 6.68. The van der Waals surface area contributed by atoms with E-state index in [0.717, 1.165) is 31.2 Å². The molecule has 1 aliphatic rings. The van der Waals surface area contributed by atoms with E-state index in [-0.39, 0.29) is 11.5 Å². The molecule has 0 aromatic heterocycles. The zero-order chi connectivity index (χ0) is 11.6. The molecule has 16 heavy (non-hydrogen) atoms. The molecule has 2 rings (SSSR count). The van der Waals surface area contributed by atoms with Crippen molar-refractivity contribution in [3.8, 4) is 5.75 Å². The van der Waals surface area contributed by atoms with E-state index < -0.39 is 0 Å². The Morgan fingerprint density at radius 2 is 1.88 bits per heavy atom. The zero-order valence-electron chi connectivity index (χ0n) is 9.39. The Labute approximate surface area is 95.9 Å². The lowest BCUT2D eigenvalue weighted by Crippen LogP contribution is -2.40. The number of nitrogens with two attached hydrogens (primary N) is 1. The van der Waals surface area contributed by atoms with Crippen LogP contribution in [-0.2, 0) is 5.41 Å². The number of hydrogen-bond donors (Lipinski definition) is 3. The molecule has 0 bridgehead atoms. The van der Waals surface area contributed by atoms with Gasteiger partial charge in [0.2, 0.25) is 0 Å². The average molecular weight is 221 g/mol. The minimum Gasteiger partial charge on any atom is -0.508 e. The Balaban J connectivity index is 2.32. The summed E-state index contributed by atoms with van der Waals surface area (Å²) in [5, 5.41) is 19.5. The molecule has 3 heteroatoms. The zero-order valence-corrected chi connectivity index (χ0v) is 9.39. The Morgan fingerprint density at radius 3 is 2.44 bits per heavy atom. The molecular formula is C13H19NO2. The third kappa shape index (κ3) is 1.93. The van der Waals surface area contributed by atoms with Crippen molar-refractivity contribution in [2.45, 2.75) is 37.2 Å². The quantitative estimate of drug-likeness (QED) is 0.709. The summed E-state index contributed by atoms with van der Waals surface area (Å²) >= 11 is 0. The average Bonchev–Trinajstić information content (AvgIpc) is 2.32. The number of aromatic hydroxyl groups is 1. The maximum absolute atomic E-state index is 9.91. The number of rotatable bonds is 2. The minimum atomic E-state index is -0.203. The first-order chi connectivity index (χ1) is 7.68. The summed E-state index contributed by atoms with van der Waals surface area (Å²) in [6, 6.07) is 7.40. The van der Waals surface area contributed by atoms with Gasteiger partial charge in [0, 0.05) is 17.5 Å². The molecule has 1 aliphatic carbocycles. The first kappa shape index (κ1) is 11.4. The van der Waals surface area contributed by atoms with Crippen LogP contribution < -0.4 is 5.73 Å². The van der Waals surface area contributed by atoms with Gasteiger partial charge in [-0.05, 0) is 31.7 Å². The van der Waals surface area contributed by atoms with Gasteiger partial charge in [-0.3, -0.25) is 0 Å². The van der Waals surface area contributed by atoms with E-state index in [1.165, 1.54) is 0 Å². The van der Waals surface area contributed by atoms with Crippen molar-refractivity contribution in [2.24, 2.45) is 5.73 Å². The predicted molar refractivity (Wildman–Crippen MR) is 63.3 cm³/mol. The van der Waals surface area contributed by atoms with Crippen molar-refractivity contribution in [3.05, 3.63) is 29.8 Å². The van der Waals surface area contributed by atoms with Crippen LogP contribution >= 0.6 is 0 Å². The number of benzene rings is 1. The van der Waals surface area contributed by atoms with E-state index in [1.54, 1.807) is 6.07 Å². The first-order valence-electron chi connectivity index (χ1n) is 5.84. The molecule has 88 valence electrons. The summed E-state index contributed by atoms with van der Waals surface area (Å²) in [4.78, 5) is 0. The van der Waals surface area contributed by atoms with Gasteiger partial charge in [0.05, 0.1) is 6.10 Å². The van der Waals surface area contributed by atoms with E-state index in [0.29, 0.717) is 12.3 Å². The second kappa shape index (κ2) is 4.44. The summed E-state index contributed by atoms with van der Waals surface area (Å²) in [5.74, 6) is 0.323. The third-order valence-electron chi connectivity index (χ3n) is 3.78. The molecule has 0 spiro atoms. The van der Waals surface area contributed by atoms with Gasteiger partial charge in [-0.1, -0.05) is 18.2 Å². The normalized spacial score (nSPS) is 30.2. The highest BCUT2D eigenvalue weighted by Gasteiger charge is 2.36. The van der Waals surface area contributed by atoms with E-state index in [4.69, 9.17) is 5.73 Å². The van der Waals surface area contributed by atoms with Crippen LogP contribution in [0, 0.1) is 0 Å². The monoisotopic (exact) mass is 221 g/mol. The Hall–Kier alpha value is -1.06. The predicted octanol–water partition coefficient (Wildman–Crippen LogP) is 1.52. The highest BCUT2D eigenvalue weighted by atomic mass is 16.3. The van der Waals surface area contributed by atoms with Gasteiger partial charge in [0.15, 0.2) is 0 Å². The largest absolute Gasteiger partial charge is 0.508 e. The summed E-state index contributed by atoms with van der Waals surface area (Å²) in [7, 11) is 0. The van der Waals surface area contributed by atoms with Gasteiger partial charge in [-0.2, -0.15) is 0 Å². The Bertz CT molecular complexity index is 357. The van der Waals surface area contributed by atoms with Crippen molar-refractivity contribution in [2.75, 3.05) is 6.54 Å². The number of phenols is 1. The molecule has 0 amide bonds. The highest BCUT2D eigenvalue weighted by Crippen LogP contribution is 2.42. The Morgan fingerprint density at radius 1 is 1.25 bits per heavy atom. The number of para-hydroxylation sites is 1. The molecule has 1 aromatic carbocycles. The fraction of sp³-hybridized carbons (Fsp3) is 0.538. The lowest BCUT2D eigenvalue weighted by Gasteiger charge is -2.38. The first-order valence-corrected chi connectivity index (χ1v) is 5.84. The van der Waals surface area contributed by atoms with Gasteiger partial charge in [0.25, 0.3) is 0 Å². The van der Waals surface area contributed by atoms with Crippen LogP contribution in [0.1, 0.15) is 31.2 Å². The molecule has 1 aromatic rings. The summed E-state index contributed by atoms with van der Waals surface area (Å²) in [6.07, 6.45) is 3.03.